The van der Waals surface area contributed by atoms with Crippen LogP contribution in [0.4, 0.5) is 0 Å². The van der Waals surface area contributed by atoms with Gasteiger partial charge in [0.25, 0.3) is 0 Å². The minimum atomic E-state index is -0.387. The molecular formula is C23H31NO2. The maximum Gasteiger partial charge on any atom is 0.225 e. The van der Waals surface area contributed by atoms with Gasteiger partial charge in [0.2, 0.25) is 5.91 Å². The van der Waals surface area contributed by atoms with Gasteiger partial charge in [0.1, 0.15) is 5.75 Å². The van der Waals surface area contributed by atoms with Crippen molar-refractivity contribution in [3.63, 3.8) is 0 Å². The molecule has 0 fully saturated rings. The molecule has 3 heteroatoms. The molecule has 0 aliphatic rings. The lowest BCUT2D eigenvalue weighted by Gasteiger charge is -2.23. The largest absolute Gasteiger partial charge is 0.493 e. The highest BCUT2D eigenvalue weighted by molar-refractivity contribution is 5.81. The Hall–Kier alpha value is -2.29. The number of aryl methyl sites for hydroxylation is 2. The third kappa shape index (κ3) is 6.21. The monoisotopic (exact) mass is 353 g/mol. The average Bonchev–Trinajstić information content (AvgIpc) is 2.62. The standard InChI is InChI=1S/C23H31NO2/c1-18-11-12-19(2)21(17-18)26-16-8-14-23(3,4)22(25)24-15-13-20-9-6-5-7-10-20/h5-7,9-12,17H,8,13-16H2,1-4H3,(H,24,25). The summed E-state index contributed by atoms with van der Waals surface area (Å²) in [6.07, 6.45) is 2.51. The predicted molar refractivity (Wildman–Crippen MR) is 108 cm³/mol. The Morgan fingerprint density at radius 1 is 1.08 bits per heavy atom. The molecule has 1 N–H and O–H groups in total. The summed E-state index contributed by atoms with van der Waals surface area (Å²) in [5.74, 6) is 1.05. The molecule has 0 saturated carbocycles. The average molecular weight is 354 g/mol. The fourth-order valence-electron chi connectivity index (χ4n) is 2.88. The Labute approximate surface area is 157 Å². The normalized spacial score (nSPS) is 11.2. The summed E-state index contributed by atoms with van der Waals surface area (Å²) in [5.41, 5.74) is 3.20. The van der Waals surface area contributed by atoms with E-state index in [2.05, 4.69) is 49.5 Å². The zero-order valence-electron chi connectivity index (χ0n) is 16.5. The van der Waals surface area contributed by atoms with Gasteiger partial charge in [-0.3, -0.25) is 4.79 Å². The van der Waals surface area contributed by atoms with Crippen LogP contribution in [0.5, 0.6) is 5.75 Å². The van der Waals surface area contributed by atoms with Gasteiger partial charge in [-0.05, 0) is 55.9 Å². The molecule has 0 saturated heterocycles. The van der Waals surface area contributed by atoms with Gasteiger partial charge in [-0.1, -0.05) is 56.3 Å². The van der Waals surface area contributed by atoms with E-state index in [0.717, 1.165) is 30.6 Å². The lowest BCUT2D eigenvalue weighted by Crippen LogP contribution is -2.38. The van der Waals surface area contributed by atoms with Gasteiger partial charge in [-0.2, -0.15) is 0 Å². The van der Waals surface area contributed by atoms with E-state index >= 15 is 0 Å². The molecule has 3 nitrogen and oxygen atoms in total. The Bertz CT molecular complexity index is 707. The van der Waals surface area contributed by atoms with E-state index in [1.807, 2.05) is 32.0 Å². The number of amides is 1. The highest BCUT2D eigenvalue weighted by Crippen LogP contribution is 2.24. The number of carbonyl (C=O) groups is 1. The van der Waals surface area contributed by atoms with Crippen LogP contribution < -0.4 is 10.1 Å². The van der Waals surface area contributed by atoms with Crippen LogP contribution in [0.25, 0.3) is 0 Å². The second kappa shape index (κ2) is 9.42. The highest BCUT2D eigenvalue weighted by Gasteiger charge is 2.26. The molecule has 2 rings (SSSR count). The van der Waals surface area contributed by atoms with E-state index in [-0.39, 0.29) is 11.3 Å². The van der Waals surface area contributed by atoms with Gasteiger partial charge >= 0.3 is 0 Å². The summed E-state index contributed by atoms with van der Waals surface area (Å²) < 4.78 is 5.90. The van der Waals surface area contributed by atoms with Crippen molar-refractivity contribution < 1.29 is 9.53 Å². The smallest absolute Gasteiger partial charge is 0.225 e. The van der Waals surface area contributed by atoms with Crippen molar-refractivity contribution in [3.05, 3.63) is 65.2 Å². The van der Waals surface area contributed by atoms with Gasteiger partial charge in [0.05, 0.1) is 6.61 Å². The fraction of sp³-hybridized carbons (Fsp3) is 0.435. The zero-order chi connectivity index (χ0) is 19.0. The Kier molecular flexibility index (Phi) is 7.26. The van der Waals surface area contributed by atoms with E-state index < -0.39 is 0 Å². The maximum absolute atomic E-state index is 12.5. The third-order valence-electron chi connectivity index (χ3n) is 4.70. The van der Waals surface area contributed by atoms with Crippen molar-refractivity contribution in [3.8, 4) is 5.75 Å². The third-order valence-corrected chi connectivity index (χ3v) is 4.70. The number of carbonyl (C=O) groups excluding carboxylic acids is 1. The Morgan fingerprint density at radius 3 is 2.54 bits per heavy atom. The fourth-order valence-corrected chi connectivity index (χ4v) is 2.88. The van der Waals surface area contributed by atoms with E-state index in [1.165, 1.54) is 11.1 Å². The number of hydrogen-bond donors (Lipinski definition) is 1. The summed E-state index contributed by atoms with van der Waals surface area (Å²) in [7, 11) is 0. The quantitative estimate of drug-likeness (QED) is 0.655. The first-order chi connectivity index (χ1) is 12.4. The van der Waals surface area contributed by atoms with Gasteiger partial charge in [0.15, 0.2) is 0 Å². The van der Waals surface area contributed by atoms with Gasteiger partial charge in [-0.25, -0.2) is 0 Å². The molecular weight excluding hydrogens is 322 g/mol. The number of ether oxygens (including phenoxy) is 1. The molecule has 0 radical (unpaired) electrons. The number of hydrogen-bond acceptors (Lipinski definition) is 2. The van der Waals surface area contributed by atoms with Crippen LogP contribution in [0.15, 0.2) is 48.5 Å². The first-order valence-electron chi connectivity index (χ1n) is 9.41. The van der Waals surface area contributed by atoms with Crippen molar-refractivity contribution in [2.24, 2.45) is 5.41 Å². The molecule has 0 aliphatic heterocycles. The molecule has 140 valence electrons. The highest BCUT2D eigenvalue weighted by atomic mass is 16.5. The zero-order valence-corrected chi connectivity index (χ0v) is 16.5. The molecule has 0 heterocycles. The topological polar surface area (TPSA) is 38.3 Å². The molecule has 0 spiro atoms. The van der Waals surface area contributed by atoms with E-state index in [0.29, 0.717) is 13.2 Å². The van der Waals surface area contributed by atoms with E-state index in [9.17, 15) is 4.79 Å². The van der Waals surface area contributed by atoms with Gasteiger partial charge in [0, 0.05) is 12.0 Å². The molecule has 1 amide bonds. The summed E-state index contributed by atoms with van der Waals surface area (Å²) >= 11 is 0. The second-order valence-electron chi connectivity index (χ2n) is 7.60. The first kappa shape index (κ1) is 20.0. The molecule has 0 bridgehead atoms. The van der Waals surface area contributed by atoms with Crippen molar-refractivity contribution >= 4 is 5.91 Å². The minimum Gasteiger partial charge on any atom is -0.493 e. The Morgan fingerprint density at radius 2 is 1.81 bits per heavy atom. The summed E-state index contributed by atoms with van der Waals surface area (Å²) in [6, 6.07) is 16.5. The van der Waals surface area contributed by atoms with E-state index in [4.69, 9.17) is 4.74 Å². The van der Waals surface area contributed by atoms with Crippen LogP contribution in [0, 0.1) is 19.3 Å². The van der Waals surface area contributed by atoms with Crippen LogP contribution in [-0.2, 0) is 11.2 Å². The summed E-state index contributed by atoms with van der Waals surface area (Å²) in [6.45, 7) is 9.43. The van der Waals surface area contributed by atoms with Crippen LogP contribution in [0.3, 0.4) is 0 Å². The molecule has 26 heavy (non-hydrogen) atoms. The molecule has 0 aliphatic carbocycles. The van der Waals surface area contributed by atoms with Crippen molar-refractivity contribution in [2.45, 2.75) is 47.0 Å². The van der Waals surface area contributed by atoms with Crippen LogP contribution in [-0.4, -0.2) is 19.1 Å². The second-order valence-corrected chi connectivity index (χ2v) is 7.60. The van der Waals surface area contributed by atoms with Gasteiger partial charge < -0.3 is 10.1 Å². The lowest BCUT2D eigenvalue weighted by molar-refractivity contribution is -0.129. The van der Waals surface area contributed by atoms with Gasteiger partial charge in [-0.15, -0.1) is 0 Å². The predicted octanol–water partition coefficient (Wildman–Crippen LogP) is 4.85. The SMILES string of the molecule is Cc1ccc(C)c(OCCCC(C)(C)C(=O)NCCc2ccccc2)c1. The molecule has 2 aromatic rings. The number of benzene rings is 2. The minimum absolute atomic E-state index is 0.111. The lowest BCUT2D eigenvalue weighted by atomic mass is 9.87. The van der Waals surface area contributed by atoms with Crippen molar-refractivity contribution in [1.29, 1.82) is 0 Å². The maximum atomic E-state index is 12.5. The van der Waals surface area contributed by atoms with Crippen LogP contribution in [0.2, 0.25) is 0 Å². The van der Waals surface area contributed by atoms with E-state index in [1.54, 1.807) is 0 Å². The molecule has 0 atom stereocenters. The summed E-state index contributed by atoms with van der Waals surface area (Å²) in [5, 5.41) is 3.07. The van der Waals surface area contributed by atoms with Crippen molar-refractivity contribution in [2.75, 3.05) is 13.2 Å². The van der Waals surface area contributed by atoms with Crippen LogP contribution >= 0.6 is 0 Å². The summed E-state index contributed by atoms with van der Waals surface area (Å²) in [4.78, 5) is 12.5. The molecule has 0 aromatic heterocycles. The molecule has 2 aromatic carbocycles. The van der Waals surface area contributed by atoms with Crippen LogP contribution in [0.1, 0.15) is 43.4 Å². The Balaban J connectivity index is 1.71. The number of nitrogens with one attached hydrogen (secondary N) is 1. The number of rotatable bonds is 9. The first-order valence-corrected chi connectivity index (χ1v) is 9.41. The molecule has 0 unspecified atom stereocenters. The van der Waals surface area contributed by atoms with Crippen molar-refractivity contribution in [1.82, 2.24) is 5.32 Å².